The molecule has 2 heterocycles. The number of aromatic amines is 1. The molecule has 0 saturated heterocycles. The van der Waals surface area contributed by atoms with Gasteiger partial charge in [-0.05, 0) is 12.1 Å². The van der Waals surface area contributed by atoms with E-state index in [0.717, 1.165) is 5.65 Å². The lowest BCUT2D eigenvalue weighted by molar-refractivity contribution is 0.976. The molecule has 3 nitrogen and oxygen atoms in total. The number of nitrogens with one attached hydrogen (secondary N) is 1. The monoisotopic (exact) mass is 107 g/mol. The maximum Gasteiger partial charge on any atom is 0.132 e. The lowest BCUT2D eigenvalue weighted by atomic mass is 10.6. The van der Waals surface area contributed by atoms with Gasteiger partial charge in [-0.25, -0.2) is 4.52 Å². The number of nitrogens with zero attached hydrogens (tertiary/aromatic N) is 2. The molecule has 0 aliphatic heterocycles. The fraction of sp³-hybridized carbons (Fsp3) is 0. The number of aromatic nitrogens is 3. The average Bonchev–Trinajstić information content (AvgIpc) is 2.15. The van der Waals surface area contributed by atoms with Crippen molar-refractivity contribution in [1.82, 2.24) is 14.6 Å². The van der Waals surface area contributed by atoms with E-state index in [-0.39, 0.29) is 0 Å². The molecule has 0 spiro atoms. The Balaban J connectivity index is 3.06. The van der Waals surface area contributed by atoms with Crippen molar-refractivity contribution in [2.45, 2.75) is 0 Å². The van der Waals surface area contributed by atoms with Crippen LogP contribution in [0.5, 0.6) is 0 Å². The summed E-state index contributed by atoms with van der Waals surface area (Å²) < 4.78 is 1.78. The molecule has 2 aromatic heterocycles. The molecule has 0 saturated carbocycles. The normalized spacial score (nSPS) is 10.5. The Morgan fingerprint density at radius 2 is 2.62 bits per heavy atom. The molecule has 8 heavy (non-hydrogen) atoms. The summed E-state index contributed by atoms with van der Waals surface area (Å²) in [5, 5.41) is 3.94. The highest BCUT2D eigenvalue weighted by Crippen LogP contribution is 1.94. The average molecular weight is 107 g/mol. The van der Waals surface area contributed by atoms with E-state index >= 15 is 0 Å². The van der Waals surface area contributed by atoms with Crippen molar-refractivity contribution in [3.05, 3.63) is 24.7 Å². The van der Waals surface area contributed by atoms with Crippen LogP contribution in [0.4, 0.5) is 0 Å². The second-order valence-electron chi connectivity index (χ2n) is 1.63. The highest BCUT2D eigenvalue weighted by Gasteiger charge is 1.86. The molecule has 0 aliphatic carbocycles. The fourth-order valence-electron chi connectivity index (χ4n) is 0.745. The summed E-state index contributed by atoms with van der Waals surface area (Å²) in [6.45, 7) is 0. The van der Waals surface area contributed by atoms with Crippen molar-refractivity contribution in [2.24, 2.45) is 0 Å². The molecule has 0 unspecified atom stereocenters. The minimum Gasteiger partial charge on any atom is -0.330 e. The van der Waals surface area contributed by atoms with Crippen LogP contribution in [-0.2, 0) is 0 Å². The van der Waals surface area contributed by atoms with Gasteiger partial charge in [-0.2, -0.15) is 5.10 Å². The summed E-state index contributed by atoms with van der Waals surface area (Å²) in [5.74, 6) is 0. The van der Waals surface area contributed by atoms with Crippen molar-refractivity contribution in [1.29, 1.82) is 0 Å². The van der Waals surface area contributed by atoms with Crippen LogP contribution < -0.4 is 0 Å². The topological polar surface area (TPSA) is 33.1 Å². The quantitative estimate of drug-likeness (QED) is 0.527. The van der Waals surface area contributed by atoms with Crippen LogP contribution in [0, 0.1) is 0 Å². The van der Waals surface area contributed by atoms with Crippen LogP contribution in [-0.4, -0.2) is 14.6 Å². The van der Waals surface area contributed by atoms with E-state index in [4.69, 9.17) is 0 Å². The van der Waals surface area contributed by atoms with Gasteiger partial charge in [0.25, 0.3) is 0 Å². The lowest BCUT2D eigenvalue weighted by Crippen LogP contribution is -1.74. The predicted octanol–water partition coefficient (Wildman–Crippen LogP) is 0.662. The molecule has 0 amide bonds. The van der Waals surface area contributed by atoms with Crippen molar-refractivity contribution in [2.75, 3.05) is 0 Å². The first-order valence-corrected chi connectivity index (χ1v) is 2.43. The number of hydrogen-bond acceptors (Lipinski definition) is 1. The number of hydrogen-bond donors (Lipinski definition) is 1. The Morgan fingerprint density at radius 1 is 1.62 bits per heavy atom. The molecule has 0 aromatic carbocycles. The van der Waals surface area contributed by atoms with Crippen molar-refractivity contribution in [3.63, 3.8) is 0 Å². The first-order valence-electron chi connectivity index (χ1n) is 2.43. The number of rotatable bonds is 0. The van der Waals surface area contributed by atoms with Gasteiger partial charge in [0.1, 0.15) is 12.0 Å². The molecule has 3 heteroatoms. The van der Waals surface area contributed by atoms with E-state index in [1.807, 2.05) is 18.3 Å². The molecule has 0 atom stereocenters. The zero-order valence-corrected chi connectivity index (χ0v) is 4.20. The zero-order chi connectivity index (χ0) is 5.40. The van der Waals surface area contributed by atoms with E-state index in [1.165, 1.54) is 0 Å². The second kappa shape index (κ2) is 1.12. The highest BCUT2D eigenvalue weighted by atomic mass is 15.3. The van der Waals surface area contributed by atoms with Crippen molar-refractivity contribution < 1.29 is 0 Å². The van der Waals surface area contributed by atoms with Gasteiger partial charge >= 0.3 is 0 Å². The van der Waals surface area contributed by atoms with Gasteiger partial charge < -0.3 is 4.98 Å². The van der Waals surface area contributed by atoms with Gasteiger partial charge in [-0.15, -0.1) is 0 Å². The van der Waals surface area contributed by atoms with Gasteiger partial charge in [0.15, 0.2) is 0 Å². The van der Waals surface area contributed by atoms with E-state index in [1.54, 1.807) is 10.8 Å². The molecular weight excluding hydrogens is 102 g/mol. The number of fused-ring (bicyclic) bond motifs is 1. The van der Waals surface area contributed by atoms with Gasteiger partial charge in [-0.1, -0.05) is 0 Å². The molecule has 0 radical (unpaired) electrons. The third-order valence-electron chi connectivity index (χ3n) is 1.12. The summed E-state index contributed by atoms with van der Waals surface area (Å²) in [6.07, 6.45) is 3.56. The van der Waals surface area contributed by atoms with Gasteiger partial charge in [0.2, 0.25) is 0 Å². The third kappa shape index (κ3) is 0.307. The highest BCUT2D eigenvalue weighted by molar-refractivity contribution is 5.35. The maximum absolute atomic E-state index is 3.94. The Hall–Kier alpha value is -1.25. The summed E-state index contributed by atoms with van der Waals surface area (Å²) in [5.41, 5.74) is 1.03. The standard InChI is InChI=1S/C5H5N3/c1-2-5-6-4-7-8(5)3-1/h1-4H,(H,6,7). The summed E-state index contributed by atoms with van der Waals surface area (Å²) >= 11 is 0. The van der Waals surface area contributed by atoms with Gasteiger partial charge in [0, 0.05) is 6.20 Å². The van der Waals surface area contributed by atoms with Gasteiger partial charge in [-0.3, -0.25) is 0 Å². The van der Waals surface area contributed by atoms with Crippen LogP contribution in [0.2, 0.25) is 0 Å². The molecule has 40 valence electrons. The molecular formula is C5H5N3. The molecule has 2 rings (SSSR count). The Morgan fingerprint density at radius 3 is 3.50 bits per heavy atom. The minimum absolute atomic E-state index is 1.03. The zero-order valence-electron chi connectivity index (χ0n) is 4.20. The molecule has 0 aliphatic rings. The van der Waals surface area contributed by atoms with Crippen LogP contribution in [0.1, 0.15) is 0 Å². The largest absolute Gasteiger partial charge is 0.330 e. The summed E-state index contributed by atoms with van der Waals surface area (Å²) in [4.78, 5) is 2.95. The summed E-state index contributed by atoms with van der Waals surface area (Å²) in [7, 11) is 0. The lowest BCUT2D eigenvalue weighted by Gasteiger charge is -1.72. The van der Waals surface area contributed by atoms with Crippen LogP contribution in [0.25, 0.3) is 5.65 Å². The first kappa shape index (κ1) is 3.72. The van der Waals surface area contributed by atoms with Crippen molar-refractivity contribution in [3.8, 4) is 0 Å². The minimum atomic E-state index is 1.03. The third-order valence-corrected chi connectivity index (χ3v) is 1.12. The molecule has 1 N–H and O–H groups in total. The molecule has 0 fully saturated rings. The van der Waals surface area contributed by atoms with E-state index in [2.05, 4.69) is 10.1 Å². The smallest absolute Gasteiger partial charge is 0.132 e. The van der Waals surface area contributed by atoms with E-state index in [0.29, 0.717) is 0 Å². The van der Waals surface area contributed by atoms with Crippen LogP contribution in [0.15, 0.2) is 24.7 Å². The Kier molecular flexibility index (Phi) is 0.521. The van der Waals surface area contributed by atoms with E-state index in [9.17, 15) is 0 Å². The maximum atomic E-state index is 3.94. The first-order chi connectivity index (χ1) is 3.97. The fourth-order valence-corrected chi connectivity index (χ4v) is 0.745. The predicted molar refractivity (Wildman–Crippen MR) is 29.5 cm³/mol. The summed E-state index contributed by atoms with van der Waals surface area (Å²) in [6, 6.07) is 3.91. The van der Waals surface area contributed by atoms with Crippen LogP contribution >= 0.6 is 0 Å². The SMILES string of the molecule is c1cc2[nH]cnn2c1. The molecule has 0 bridgehead atoms. The number of H-pyrrole nitrogens is 1. The van der Waals surface area contributed by atoms with Gasteiger partial charge in [0.05, 0.1) is 0 Å². The Labute approximate surface area is 45.9 Å². The van der Waals surface area contributed by atoms with Crippen molar-refractivity contribution >= 4 is 5.65 Å². The Bertz CT molecular complexity index is 229. The van der Waals surface area contributed by atoms with E-state index < -0.39 is 0 Å². The second-order valence-corrected chi connectivity index (χ2v) is 1.63. The van der Waals surface area contributed by atoms with Crippen LogP contribution in [0.3, 0.4) is 0 Å². The molecule has 2 aromatic rings.